The van der Waals surface area contributed by atoms with Gasteiger partial charge in [-0.3, -0.25) is 4.79 Å². The lowest BCUT2D eigenvalue weighted by Gasteiger charge is -2.32. The van der Waals surface area contributed by atoms with Crippen LogP contribution in [-0.4, -0.2) is 35.8 Å². The zero-order chi connectivity index (χ0) is 18.1. The van der Waals surface area contributed by atoms with Crippen molar-refractivity contribution in [2.75, 3.05) is 6.54 Å². The Kier molecular flexibility index (Phi) is 5.06. The fourth-order valence-corrected chi connectivity index (χ4v) is 3.98. The summed E-state index contributed by atoms with van der Waals surface area (Å²) < 4.78 is 40.2. The Morgan fingerprint density at radius 2 is 1.76 bits per heavy atom. The van der Waals surface area contributed by atoms with Gasteiger partial charge in [-0.25, -0.2) is 0 Å². The fourth-order valence-electron chi connectivity index (χ4n) is 3.98. The van der Waals surface area contributed by atoms with E-state index < -0.39 is 24.2 Å². The molecule has 2 heterocycles. The summed E-state index contributed by atoms with van der Waals surface area (Å²) in [6.07, 6.45) is -0.708. The molecular weight excluding hydrogens is 333 g/mol. The number of nitrogens with one attached hydrogen (secondary N) is 2. The molecule has 0 saturated carbocycles. The molecule has 0 radical (unpaired) electrons. The first kappa shape index (κ1) is 18.2. The van der Waals surface area contributed by atoms with Crippen molar-refractivity contribution in [3.63, 3.8) is 0 Å². The number of carbonyl (C=O) groups is 1. The molecule has 2 fully saturated rings. The van der Waals surface area contributed by atoms with E-state index >= 15 is 0 Å². The molecule has 138 valence electrons. The molecule has 25 heavy (non-hydrogen) atoms. The molecule has 1 aromatic rings. The number of piperidine rings is 1. The van der Waals surface area contributed by atoms with Crippen LogP contribution in [0.5, 0.6) is 0 Å². The van der Waals surface area contributed by atoms with Crippen LogP contribution in [0.1, 0.15) is 37.7 Å². The van der Waals surface area contributed by atoms with Gasteiger partial charge in [0.1, 0.15) is 0 Å². The largest absolute Gasteiger partial charge is 0.423 e. The number of carbonyl (C=O) groups excluding carboxylic acids is 1. The predicted octanol–water partition coefficient (Wildman–Crippen LogP) is 2.47. The van der Waals surface area contributed by atoms with Crippen molar-refractivity contribution in [1.82, 2.24) is 10.6 Å². The van der Waals surface area contributed by atoms with Gasteiger partial charge in [-0.15, -0.1) is 0 Å². The zero-order valence-corrected chi connectivity index (χ0v) is 13.9. The lowest BCUT2D eigenvalue weighted by Crippen LogP contribution is -2.51. The van der Waals surface area contributed by atoms with Crippen molar-refractivity contribution in [1.29, 1.82) is 0 Å². The third-order valence-electron chi connectivity index (χ3n) is 5.31. The summed E-state index contributed by atoms with van der Waals surface area (Å²) in [6.45, 7) is -0.878. The van der Waals surface area contributed by atoms with E-state index in [0.29, 0.717) is 12.1 Å². The van der Waals surface area contributed by atoms with Crippen molar-refractivity contribution in [3.8, 4) is 0 Å². The smallest absolute Gasteiger partial charge is 0.375 e. The van der Waals surface area contributed by atoms with E-state index in [1.165, 1.54) is 24.3 Å². The van der Waals surface area contributed by atoms with Crippen LogP contribution in [0.4, 0.5) is 13.2 Å². The second kappa shape index (κ2) is 6.96. The number of rotatable bonds is 5. The van der Waals surface area contributed by atoms with Crippen LogP contribution in [-0.2, 0) is 10.4 Å². The van der Waals surface area contributed by atoms with Gasteiger partial charge in [-0.05, 0) is 37.2 Å². The Hall–Kier alpha value is -1.60. The van der Waals surface area contributed by atoms with Crippen LogP contribution in [0, 0.1) is 5.92 Å². The molecule has 2 aliphatic heterocycles. The highest BCUT2D eigenvalue weighted by Crippen LogP contribution is 2.38. The number of benzene rings is 1. The van der Waals surface area contributed by atoms with E-state index in [4.69, 9.17) is 0 Å². The van der Waals surface area contributed by atoms with Crippen molar-refractivity contribution in [3.05, 3.63) is 35.9 Å². The summed E-state index contributed by atoms with van der Waals surface area (Å²) >= 11 is 0. The minimum Gasteiger partial charge on any atom is -0.375 e. The van der Waals surface area contributed by atoms with E-state index in [1.807, 2.05) is 0 Å². The Bertz CT molecular complexity index is 596. The average Bonchev–Trinajstić information content (AvgIpc) is 2.91. The van der Waals surface area contributed by atoms with Crippen molar-refractivity contribution < 1.29 is 23.1 Å². The highest BCUT2D eigenvalue weighted by Gasteiger charge is 2.55. The maximum absolute atomic E-state index is 13.4. The Labute approximate surface area is 144 Å². The Balaban J connectivity index is 1.60. The van der Waals surface area contributed by atoms with Gasteiger partial charge in [0, 0.05) is 18.5 Å². The van der Waals surface area contributed by atoms with E-state index in [-0.39, 0.29) is 17.9 Å². The molecule has 1 amide bonds. The fraction of sp³-hybridized carbons (Fsp3) is 0.611. The maximum Gasteiger partial charge on any atom is 0.423 e. The van der Waals surface area contributed by atoms with Crippen LogP contribution in [0.2, 0.25) is 0 Å². The van der Waals surface area contributed by atoms with E-state index in [0.717, 1.165) is 25.7 Å². The van der Waals surface area contributed by atoms with Crippen molar-refractivity contribution in [2.45, 2.75) is 56.0 Å². The first-order chi connectivity index (χ1) is 11.8. The summed E-state index contributed by atoms with van der Waals surface area (Å²) in [7, 11) is 0. The number of halogens is 3. The van der Waals surface area contributed by atoms with Crippen molar-refractivity contribution >= 4 is 5.91 Å². The van der Waals surface area contributed by atoms with Gasteiger partial charge in [-0.1, -0.05) is 30.3 Å². The van der Waals surface area contributed by atoms with E-state index in [9.17, 15) is 23.1 Å². The molecule has 3 rings (SSSR count). The van der Waals surface area contributed by atoms with Gasteiger partial charge in [0.25, 0.3) is 0 Å². The normalized spacial score (nSPS) is 28.4. The zero-order valence-electron chi connectivity index (χ0n) is 13.9. The van der Waals surface area contributed by atoms with Gasteiger partial charge in [0.05, 0.1) is 6.54 Å². The van der Waals surface area contributed by atoms with Crippen LogP contribution < -0.4 is 10.6 Å². The summed E-state index contributed by atoms with van der Waals surface area (Å²) in [6, 6.07) is 7.71. The molecule has 2 saturated heterocycles. The first-order valence-corrected chi connectivity index (χ1v) is 8.65. The van der Waals surface area contributed by atoms with Crippen LogP contribution in [0.3, 0.4) is 0 Å². The summed E-state index contributed by atoms with van der Waals surface area (Å²) in [5, 5.41) is 16.0. The second-order valence-electron chi connectivity index (χ2n) is 7.18. The number of alkyl halides is 3. The molecule has 7 heteroatoms. The topological polar surface area (TPSA) is 61.4 Å². The molecule has 4 nitrogen and oxygen atoms in total. The molecule has 1 aromatic carbocycles. The third kappa shape index (κ3) is 3.98. The molecule has 0 aromatic heterocycles. The van der Waals surface area contributed by atoms with E-state index in [1.54, 1.807) is 6.07 Å². The highest BCUT2D eigenvalue weighted by atomic mass is 19.4. The van der Waals surface area contributed by atoms with Crippen LogP contribution in [0.25, 0.3) is 0 Å². The van der Waals surface area contributed by atoms with Crippen LogP contribution in [0.15, 0.2) is 30.3 Å². The lowest BCUT2D eigenvalue weighted by atomic mass is 9.89. The predicted molar refractivity (Wildman–Crippen MR) is 86.7 cm³/mol. The van der Waals surface area contributed by atoms with Gasteiger partial charge in [0.2, 0.25) is 11.5 Å². The number of amides is 1. The monoisotopic (exact) mass is 356 g/mol. The maximum atomic E-state index is 13.4. The Morgan fingerprint density at radius 1 is 1.16 bits per heavy atom. The number of hydrogen-bond acceptors (Lipinski definition) is 3. The quantitative estimate of drug-likeness (QED) is 0.760. The molecule has 0 spiro atoms. The number of aliphatic hydroxyl groups is 1. The first-order valence-electron chi connectivity index (χ1n) is 8.65. The molecule has 2 bridgehead atoms. The third-order valence-corrected chi connectivity index (χ3v) is 5.31. The minimum absolute atomic E-state index is 0.189. The molecule has 3 unspecified atom stereocenters. The number of hydrogen-bond donors (Lipinski definition) is 3. The summed E-state index contributed by atoms with van der Waals surface area (Å²) in [5.74, 6) is -0.251. The van der Waals surface area contributed by atoms with Gasteiger partial charge < -0.3 is 15.7 Å². The summed E-state index contributed by atoms with van der Waals surface area (Å²) in [5.41, 5.74) is -3.36. The van der Waals surface area contributed by atoms with Gasteiger partial charge >= 0.3 is 6.18 Å². The minimum atomic E-state index is -4.88. The van der Waals surface area contributed by atoms with Gasteiger partial charge in [0.15, 0.2) is 0 Å². The standard InChI is InChI=1S/C18H23F3N2O2/c19-18(20,21)17(25,13-4-2-1-3-5-13)11-22-16(24)10-12-8-14-6-7-15(9-12)23-14/h1-5,12,14-15,23,25H,6-11H2,(H,22,24). The SMILES string of the molecule is O=C(CC1CC2CCC(C1)N2)NCC(O)(c1ccccc1)C(F)(F)F. The van der Waals surface area contributed by atoms with Gasteiger partial charge in [-0.2, -0.15) is 13.2 Å². The molecule has 3 N–H and O–H groups in total. The molecular formula is C18H23F3N2O2. The molecule has 0 aliphatic carbocycles. The van der Waals surface area contributed by atoms with E-state index in [2.05, 4.69) is 10.6 Å². The van der Waals surface area contributed by atoms with Crippen LogP contribution >= 0.6 is 0 Å². The highest BCUT2D eigenvalue weighted by molar-refractivity contribution is 5.76. The summed E-state index contributed by atoms with van der Waals surface area (Å²) in [4.78, 5) is 12.1. The number of fused-ring (bicyclic) bond motifs is 2. The lowest BCUT2D eigenvalue weighted by molar-refractivity contribution is -0.264. The average molecular weight is 356 g/mol. The molecule has 3 atom stereocenters. The second-order valence-corrected chi connectivity index (χ2v) is 7.18. The molecule has 2 aliphatic rings. The Morgan fingerprint density at radius 3 is 2.32 bits per heavy atom. The van der Waals surface area contributed by atoms with Crippen molar-refractivity contribution in [2.24, 2.45) is 5.92 Å².